The lowest BCUT2D eigenvalue weighted by Gasteiger charge is -2.19. The van der Waals surface area contributed by atoms with Crippen LogP contribution in [0.1, 0.15) is 64.4 Å². The number of rotatable bonds is 5. The topological polar surface area (TPSA) is 13.1 Å². The number of fused-ring (bicyclic) bond motifs is 10. The Balaban J connectivity index is 0.000000193. The van der Waals surface area contributed by atoms with Crippen LogP contribution in [0, 0.1) is 0 Å². The Morgan fingerprint density at radius 2 is 0.636 bits per heavy atom. The van der Waals surface area contributed by atoms with Gasteiger partial charge < -0.3 is 4.42 Å². The van der Waals surface area contributed by atoms with Crippen molar-refractivity contribution < 1.29 is 68.8 Å². The van der Waals surface area contributed by atoms with Crippen LogP contribution >= 0.6 is 0 Å². The molecule has 0 aliphatic heterocycles. The summed E-state index contributed by atoms with van der Waals surface area (Å²) in [4.78, 5) is 0. The molecule has 77 heavy (non-hydrogen) atoms. The number of hydrogen-bond donors (Lipinski definition) is 0. The van der Waals surface area contributed by atoms with Crippen LogP contribution in [0.3, 0.4) is 0 Å². The predicted octanol–water partition coefficient (Wildman–Crippen LogP) is 21.7. The fourth-order valence-electron chi connectivity index (χ4n) is 9.32. The first-order valence-corrected chi connectivity index (χ1v) is 22.7. The lowest BCUT2D eigenvalue weighted by molar-refractivity contribution is 0.669. The van der Waals surface area contributed by atoms with Gasteiger partial charge in [-0.05, 0) is 161 Å². The fraction of sp³-hybridized carbons (Fsp3) is 0. The largest absolute Gasteiger partial charge is 0.456 e. The van der Waals surface area contributed by atoms with Crippen molar-refractivity contribution in [1.29, 1.82) is 0 Å². The molecule has 0 N–H and O–H groups in total. The minimum Gasteiger partial charge on any atom is -0.456 e. The fourth-order valence-corrected chi connectivity index (χ4v) is 9.32. The predicted molar refractivity (Wildman–Crippen MR) is 330 cm³/mol. The van der Waals surface area contributed by atoms with Gasteiger partial charge >= 0.3 is 0 Å². The third-order valence-electron chi connectivity index (χ3n) is 12.5. The van der Waals surface area contributed by atoms with E-state index in [0.717, 1.165) is 0 Å². The Morgan fingerprint density at radius 3 is 1.27 bits per heavy atom. The molecule has 0 bridgehead atoms. The quantitative estimate of drug-likeness (QED) is 0.157. The summed E-state index contributed by atoms with van der Waals surface area (Å²) in [6, 6.07) is -39.6. The van der Waals surface area contributed by atoms with Gasteiger partial charge in [0.2, 0.25) is 0 Å². The molecule has 0 saturated carbocycles. The molecule has 16 aromatic rings. The molecule has 1 nitrogen and oxygen atoms in total. The zero-order valence-electron chi connectivity index (χ0n) is 85.5. The first-order valence-electron chi connectivity index (χ1n) is 46.2. The Hall–Kier alpha value is -10.1. The van der Waals surface area contributed by atoms with Gasteiger partial charge in [0.1, 0.15) is 11.2 Å². The number of furan rings is 1. The highest BCUT2D eigenvalue weighted by Crippen LogP contribution is 2.49. The molecule has 16 rings (SSSR count). The second-order valence-electron chi connectivity index (χ2n) is 16.6. The molecule has 1 heterocycles. The summed E-state index contributed by atoms with van der Waals surface area (Å²) in [5.74, 6) is 0. The van der Waals surface area contributed by atoms with Crippen LogP contribution in [0.25, 0.3) is 153 Å². The maximum Gasteiger partial charge on any atom is 0.136 e. The van der Waals surface area contributed by atoms with E-state index in [-0.39, 0.29) is 27.1 Å². The van der Waals surface area contributed by atoms with Crippen LogP contribution in [0.5, 0.6) is 0 Å². The van der Waals surface area contributed by atoms with E-state index in [1.807, 2.05) is 0 Å². The highest BCUT2D eigenvalue weighted by atomic mass is 16.3. The van der Waals surface area contributed by atoms with Crippen LogP contribution in [0.15, 0.2) is 294 Å². The normalized spacial score (nSPS) is 20.2. The third kappa shape index (κ3) is 7.47. The van der Waals surface area contributed by atoms with Crippen LogP contribution in [-0.4, -0.2) is 0 Å². The third-order valence-corrected chi connectivity index (χ3v) is 12.5. The highest BCUT2D eigenvalue weighted by Gasteiger charge is 2.22. The van der Waals surface area contributed by atoms with Gasteiger partial charge in [-0.1, -0.05) is 260 Å². The molecule has 15 aromatic carbocycles. The summed E-state index contributed by atoms with van der Waals surface area (Å²) >= 11 is 0. The summed E-state index contributed by atoms with van der Waals surface area (Å²) in [6.07, 6.45) is 0. The Kier molecular flexibility index (Phi) is 4.24. The standard InChI is InChI=1S/C40H26.C36H22O/c1-2-13-29-25-31(24-23-27(29)11-1)30-15-9-16-32(26-30)39-35-18-5-7-20-37(35)40(38-21-8-6-19-36(38)39)34-22-10-14-28-12-3-4-17-33(28)34;1-2-11-23(12-3-1)34-26-15-6-8-17-28(26)35(29-18-9-7-16-27(29)34)30-19-10-20-32-36(30)31-21-24-13-4-5-14-25(24)22-33(31)37-32/h1-26H;1-22H/i1D,2D,3D,4D,5D,6D,7D,8D,9D,10D,11D,12D,13D,14D,15D,16D,17D,18D,19D,20D,21D,22D,23D,24D,25D,26D;1D,2D,3D,4D,5D,6D,7D,8D,9D,10D,11D,12D,13D,14D,15D,16D,17D,18D,19D,20D,22D. The van der Waals surface area contributed by atoms with Crippen molar-refractivity contribution >= 4 is 97.3 Å². The Morgan fingerprint density at radius 1 is 0.221 bits per heavy atom. The molecule has 0 saturated heterocycles. The maximum atomic E-state index is 9.70. The van der Waals surface area contributed by atoms with E-state index in [2.05, 4.69) is 0 Å². The van der Waals surface area contributed by atoms with Gasteiger partial charge in [-0.3, -0.25) is 0 Å². The smallest absolute Gasteiger partial charge is 0.136 e. The molecule has 1 heteroatoms. The van der Waals surface area contributed by atoms with Gasteiger partial charge in [-0.15, -0.1) is 0 Å². The van der Waals surface area contributed by atoms with Gasteiger partial charge in [0.25, 0.3) is 0 Å². The second kappa shape index (κ2) is 18.4. The highest BCUT2D eigenvalue weighted by molar-refractivity contribution is 6.27. The summed E-state index contributed by atoms with van der Waals surface area (Å²) in [7, 11) is 0. The summed E-state index contributed by atoms with van der Waals surface area (Å²) in [6.45, 7) is 0. The molecule has 0 aliphatic carbocycles. The van der Waals surface area contributed by atoms with Gasteiger partial charge in [0.15, 0.2) is 0 Å². The minimum absolute atomic E-state index is 0.146. The van der Waals surface area contributed by atoms with Crippen molar-refractivity contribution in [2.75, 3.05) is 0 Å². The van der Waals surface area contributed by atoms with E-state index in [0.29, 0.717) is 0 Å². The van der Waals surface area contributed by atoms with Gasteiger partial charge in [-0.2, -0.15) is 0 Å². The molecule has 0 amide bonds. The molecule has 0 atom stereocenters. The van der Waals surface area contributed by atoms with E-state index in [9.17, 15) is 17.8 Å². The van der Waals surface area contributed by atoms with Crippen molar-refractivity contribution in [2.45, 2.75) is 0 Å². The Labute approximate surface area is 512 Å². The average molecular weight is 1020 g/mol. The van der Waals surface area contributed by atoms with Gasteiger partial charge in [0, 0.05) is 10.8 Å². The van der Waals surface area contributed by atoms with Crippen molar-refractivity contribution in [3.05, 3.63) is 290 Å². The molecular formula is C76H48O. The molecule has 358 valence electrons. The zero-order chi connectivity index (χ0) is 91.7. The SMILES string of the molecule is [2H]c1c([2H])c(-c2c([2H])c([2H])c3c([2H])c([2H])c([2H])c([2H])c3c2[2H])c([2H])c(-c2c3c([2H])c([2H])c([2H])c([2H])c3c(-c3c([2H])c([2H])c([2H])c4c([2H])c([2H])c([2H])c([2H])c34)c3c([2H])c([2H])c([2H])c([2H])c23)c1[2H].[2H]c1c([2H])c([2H])c(-c2c3c([2H])c([2H])c([2H])c([2H])c3c(-c3c([2H])c([2H])c([2H])c4oc5c([2H])c6c([2H])c([2H])c([2H])c([2H])c6cc5c34)c3c([2H])c([2H])c([2H])c([2H])c23)c([2H])c1[2H]. The molecule has 0 aliphatic rings. The summed E-state index contributed by atoms with van der Waals surface area (Å²) < 4.78 is 421. The van der Waals surface area contributed by atoms with E-state index in [1.165, 1.54) is 6.07 Å². The van der Waals surface area contributed by atoms with Gasteiger partial charge in [-0.25, -0.2) is 0 Å². The maximum absolute atomic E-state index is 9.70. The van der Waals surface area contributed by atoms with Crippen molar-refractivity contribution in [1.82, 2.24) is 0 Å². The average Bonchev–Trinajstić information content (AvgIpc) is 1.52. The zero-order valence-corrected chi connectivity index (χ0v) is 38.5. The summed E-state index contributed by atoms with van der Waals surface area (Å²) in [5.41, 5.74) is -7.73. The van der Waals surface area contributed by atoms with E-state index in [1.54, 1.807) is 0 Å². The molecule has 1 aromatic heterocycles. The van der Waals surface area contributed by atoms with Crippen LogP contribution in [0.2, 0.25) is 0 Å². The van der Waals surface area contributed by atoms with Gasteiger partial charge in [0.05, 0.1) is 64.4 Å². The van der Waals surface area contributed by atoms with Crippen LogP contribution in [-0.2, 0) is 0 Å². The van der Waals surface area contributed by atoms with E-state index < -0.39 is 410 Å². The van der Waals surface area contributed by atoms with Crippen LogP contribution < -0.4 is 0 Å². The number of hydrogen-bond acceptors (Lipinski definition) is 1. The van der Waals surface area contributed by atoms with E-state index >= 15 is 0 Å². The monoisotopic (exact) mass is 1020 g/mol. The van der Waals surface area contributed by atoms with Crippen molar-refractivity contribution in [2.24, 2.45) is 0 Å². The first kappa shape index (κ1) is 17.8. The molecule has 0 fully saturated rings. The Bertz CT molecular complexity index is 7660. The lowest BCUT2D eigenvalue weighted by Crippen LogP contribution is -1.92. The van der Waals surface area contributed by atoms with Crippen LogP contribution in [0.4, 0.5) is 0 Å². The van der Waals surface area contributed by atoms with Crippen molar-refractivity contribution in [3.8, 4) is 55.6 Å². The van der Waals surface area contributed by atoms with Crippen molar-refractivity contribution in [3.63, 3.8) is 0 Å². The summed E-state index contributed by atoms with van der Waals surface area (Å²) in [5, 5.41) is -8.48. The molecule has 0 radical (unpaired) electrons. The molecule has 0 spiro atoms. The second-order valence-corrected chi connectivity index (χ2v) is 16.6. The lowest BCUT2D eigenvalue weighted by atomic mass is 9.84. The first-order chi connectivity index (χ1) is 57.8. The molecular weight excluding hydrogens is 929 g/mol. The molecule has 0 unspecified atom stereocenters. The number of benzene rings is 15. The minimum atomic E-state index is -1.07. The van der Waals surface area contributed by atoms with E-state index in [4.69, 9.17) is 51.0 Å².